The van der Waals surface area contributed by atoms with Crippen LogP contribution in [0, 0.1) is 0 Å². The Balaban J connectivity index is 2.73. The Morgan fingerprint density at radius 1 is 1.35 bits per heavy atom. The Labute approximate surface area is 132 Å². The number of ether oxygens (including phenoxy) is 1. The van der Waals surface area contributed by atoms with E-state index >= 15 is 0 Å². The minimum atomic E-state index is -0.732. The molecule has 20 heavy (non-hydrogen) atoms. The summed E-state index contributed by atoms with van der Waals surface area (Å²) in [4.78, 5) is 23.9. The van der Waals surface area contributed by atoms with Gasteiger partial charge >= 0.3 is 5.97 Å². The van der Waals surface area contributed by atoms with Gasteiger partial charge in [-0.2, -0.15) is 0 Å². The van der Waals surface area contributed by atoms with Gasteiger partial charge in [0.15, 0.2) is 0 Å². The highest BCUT2D eigenvalue weighted by Crippen LogP contribution is 2.21. The highest BCUT2D eigenvalue weighted by atomic mass is 79.9. The summed E-state index contributed by atoms with van der Waals surface area (Å²) in [7, 11) is 0. The van der Waals surface area contributed by atoms with Crippen molar-refractivity contribution in [3.05, 3.63) is 33.3 Å². The maximum absolute atomic E-state index is 12.1. The van der Waals surface area contributed by atoms with Gasteiger partial charge in [-0.1, -0.05) is 11.6 Å². The molecule has 1 rings (SSSR count). The fourth-order valence-electron chi connectivity index (χ4n) is 1.40. The van der Waals surface area contributed by atoms with Crippen LogP contribution in [0.5, 0.6) is 0 Å². The zero-order valence-electron chi connectivity index (χ0n) is 11.8. The summed E-state index contributed by atoms with van der Waals surface area (Å²) < 4.78 is 5.77. The van der Waals surface area contributed by atoms with Crippen LogP contribution in [0.2, 0.25) is 5.02 Å². The van der Waals surface area contributed by atoms with Gasteiger partial charge in [0, 0.05) is 9.50 Å². The van der Waals surface area contributed by atoms with Crippen LogP contribution in [-0.4, -0.2) is 23.5 Å². The summed E-state index contributed by atoms with van der Waals surface area (Å²) in [6.45, 7) is 6.90. The van der Waals surface area contributed by atoms with Crippen LogP contribution in [-0.2, 0) is 9.53 Å². The second-order valence-corrected chi connectivity index (χ2v) is 6.64. The molecule has 0 aliphatic rings. The summed E-state index contributed by atoms with van der Waals surface area (Å²) >= 11 is 9.08. The summed E-state index contributed by atoms with van der Waals surface area (Å²) in [5, 5.41) is 3.11. The van der Waals surface area contributed by atoms with Gasteiger partial charge in [0.1, 0.15) is 11.6 Å². The summed E-state index contributed by atoms with van der Waals surface area (Å²) in [5.41, 5.74) is -0.179. The van der Waals surface area contributed by atoms with E-state index in [1.807, 2.05) is 0 Å². The molecule has 0 unspecified atom stereocenters. The van der Waals surface area contributed by atoms with Crippen LogP contribution in [0.25, 0.3) is 0 Å². The van der Waals surface area contributed by atoms with Crippen molar-refractivity contribution in [1.29, 1.82) is 0 Å². The molecule has 110 valence electrons. The molecule has 6 heteroatoms. The molecule has 0 spiro atoms. The Hall–Kier alpha value is -1.07. The molecule has 1 aromatic carbocycles. The zero-order valence-corrected chi connectivity index (χ0v) is 14.1. The van der Waals surface area contributed by atoms with E-state index in [4.69, 9.17) is 16.3 Å². The van der Waals surface area contributed by atoms with Crippen LogP contribution >= 0.6 is 27.5 Å². The van der Waals surface area contributed by atoms with E-state index in [-0.39, 0.29) is 5.91 Å². The number of rotatable bonds is 3. The predicted octanol–water partition coefficient (Wildman–Crippen LogP) is 3.56. The molecule has 0 aromatic heterocycles. The molecule has 1 N–H and O–H groups in total. The first kappa shape index (κ1) is 17.0. The predicted molar refractivity (Wildman–Crippen MR) is 81.9 cm³/mol. The molecule has 0 radical (unpaired) electrons. The van der Waals surface area contributed by atoms with Crippen molar-refractivity contribution in [2.24, 2.45) is 0 Å². The first-order valence-electron chi connectivity index (χ1n) is 6.09. The number of halogens is 2. The van der Waals surface area contributed by atoms with Crippen molar-refractivity contribution in [2.75, 3.05) is 0 Å². The van der Waals surface area contributed by atoms with Gasteiger partial charge < -0.3 is 10.1 Å². The largest absolute Gasteiger partial charge is 0.458 e. The minimum absolute atomic E-state index is 0.369. The van der Waals surface area contributed by atoms with Crippen LogP contribution in [0.1, 0.15) is 38.1 Å². The molecule has 0 fully saturated rings. The standard InChI is InChI=1S/C14H17BrClNO3/c1-8(13(19)20-14(2,3)4)17-12(18)10-6-5-9(16)7-11(10)15/h5-8H,1-4H3,(H,17,18)/t8-/m0/s1. The smallest absolute Gasteiger partial charge is 0.328 e. The fraction of sp³-hybridized carbons (Fsp3) is 0.429. The van der Waals surface area contributed by atoms with Crippen LogP contribution in [0.15, 0.2) is 22.7 Å². The van der Waals surface area contributed by atoms with Gasteiger partial charge in [0.2, 0.25) is 0 Å². The number of amides is 1. The van der Waals surface area contributed by atoms with E-state index in [1.165, 1.54) is 0 Å². The van der Waals surface area contributed by atoms with E-state index in [2.05, 4.69) is 21.2 Å². The second-order valence-electron chi connectivity index (χ2n) is 5.35. The summed E-state index contributed by atoms with van der Waals surface area (Å²) in [6, 6.07) is 4.08. The third-order valence-corrected chi connectivity index (χ3v) is 3.17. The molecule has 0 heterocycles. The first-order valence-corrected chi connectivity index (χ1v) is 7.26. The molecule has 1 atom stereocenters. The zero-order chi connectivity index (χ0) is 15.5. The average molecular weight is 363 g/mol. The van der Waals surface area contributed by atoms with Gasteiger partial charge in [-0.05, 0) is 61.8 Å². The third kappa shape index (κ3) is 5.13. The molecular formula is C14H17BrClNO3. The number of benzene rings is 1. The molecule has 0 saturated heterocycles. The quantitative estimate of drug-likeness (QED) is 0.836. The van der Waals surface area contributed by atoms with Gasteiger partial charge in [0.05, 0.1) is 5.56 Å². The summed E-state index contributed by atoms with van der Waals surface area (Å²) in [6.07, 6.45) is 0. The van der Waals surface area contributed by atoms with Gasteiger partial charge in [-0.3, -0.25) is 4.79 Å². The lowest BCUT2D eigenvalue weighted by Crippen LogP contribution is -2.42. The van der Waals surface area contributed by atoms with Gasteiger partial charge in [0.25, 0.3) is 5.91 Å². The molecule has 0 bridgehead atoms. The Bertz CT molecular complexity index is 526. The van der Waals surface area contributed by atoms with Crippen molar-refractivity contribution in [2.45, 2.75) is 39.3 Å². The molecule has 0 aliphatic heterocycles. The molecule has 4 nitrogen and oxygen atoms in total. The maximum Gasteiger partial charge on any atom is 0.328 e. The van der Waals surface area contributed by atoms with E-state index in [0.29, 0.717) is 15.1 Å². The van der Waals surface area contributed by atoms with E-state index in [9.17, 15) is 9.59 Å². The Morgan fingerprint density at radius 2 is 1.95 bits per heavy atom. The normalized spacial score (nSPS) is 12.7. The van der Waals surface area contributed by atoms with E-state index in [0.717, 1.165) is 0 Å². The molecule has 0 aliphatic carbocycles. The Morgan fingerprint density at radius 3 is 2.45 bits per heavy atom. The third-order valence-electron chi connectivity index (χ3n) is 2.28. The lowest BCUT2D eigenvalue weighted by molar-refractivity contribution is -0.156. The van der Waals surface area contributed by atoms with E-state index in [1.54, 1.807) is 45.9 Å². The second kappa shape index (κ2) is 6.59. The van der Waals surface area contributed by atoms with Crippen molar-refractivity contribution in [1.82, 2.24) is 5.32 Å². The van der Waals surface area contributed by atoms with Crippen LogP contribution in [0.4, 0.5) is 0 Å². The van der Waals surface area contributed by atoms with E-state index < -0.39 is 17.6 Å². The fourth-order valence-corrected chi connectivity index (χ4v) is 2.26. The minimum Gasteiger partial charge on any atom is -0.458 e. The molecule has 1 amide bonds. The van der Waals surface area contributed by atoms with Crippen molar-refractivity contribution in [3.8, 4) is 0 Å². The highest BCUT2D eigenvalue weighted by Gasteiger charge is 2.23. The van der Waals surface area contributed by atoms with Gasteiger partial charge in [-0.15, -0.1) is 0 Å². The molecule has 1 aromatic rings. The number of nitrogens with one attached hydrogen (secondary N) is 1. The number of hydrogen-bond donors (Lipinski definition) is 1. The van der Waals surface area contributed by atoms with Crippen molar-refractivity contribution in [3.63, 3.8) is 0 Å². The van der Waals surface area contributed by atoms with Crippen LogP contribution < -0.4 is 5.32 Å². The molecule has 0 saturated carbocycles. The average Bonchev–Trinajstić information content (AvgIpc) is 2.26. The number of esters is 1. The number of hydrogen-bond acceptors (Lipinski definition) is 3. The van der Waals surface area contributed by atoms with Gasteiger partial charge in [-0.25, -0.2) is 4.79 Å². The van der Waals surface area contributed by atoms with Crippen molar-refractivity contribution < 1.29 is 14.3 Å². The first-order chi connectivity index (χ1) is 9.10. The monoisotopic (exact) mass is 361 g/mol. The lowest BCUT2D eigenvalue weighted by Gasteiger charge is -2.22. The number of carbonyl (C=O) groups is 2. The van der Waals surface area contributed by atoms with Crippen LogP contribution in [0.3, 0.4) is 0 Å². The highest BCUT2D eigenvalue weighted by molar-refractivity contribution is 9.10. The summed E-state index contributed by atoms with van der Waals surface area (Å²) in [5.74, 6) is -0.845. The molecular weight excluding hydrogens is 346 g/mol. The Kier molecular flexibility index (Phi) is 5.59. The SMILES string of the molecule is C[C@H](NC(=O)c1ccc(Cl)cc1Br)C(=O)OC(C)(C)C. The maximum atomic E-state index is 12.1. The number of carbonyl (C=O) groups excluding carboxylic acids is 2. The van der Waals surface area contributed by atoms with Crippen molar-refractivity contribution >= 4 is 39.4 Å². The lowest BCUT2D eigenvalue weighted by atomic mass is 10.2. The topological polar surface area (TPSA) is 55.4 Å².